The van der Waals surface area contributed by atoms with Crippen LogP contribution in [0.25, 0.3) is 0 Å². The van der Waals surface area contributed by atoms with Gasteiger partial charge in [0.2, 0.25) is 0 Å². The maximum atomic E-state index is 11.9. The summed E-state index contributed by atoms with van der Waals surface area (Å²) >= 11 is 0. The first-order valence-electron chi connectivity index (χ1n) is 9.69. The molecule has 2 aromatic carbocycles. The quantitative estimate of drug-likeness (QED) is 0.823. The fourth-order valence-electron chi connectivity index (χ4n) is 4.64. The summed E-state index contributed by atoms with van der Waals surface area (Å²) in [6, 6.07) is 12.9. The van der Waals surface area contributed by atoms with Crippen molar-refractivity contribution in [3.8, 4) is 0 Å². The van der Waals surface area contributed by atoms with Gasteiger partial charge in [-0.3, -0.25) is 0 Å². The molecule has 0 bridgehead atoms. The molecule has 3 heteroatoms. The predicted octanol–water partition coefficient (Wildman–Crippen LogP) is 4.18. The SMILES string of the molecule is Cc1ccc([C@]2(O)CN(c3cccc(C)c3C)C3=[N+]2CCCC3)c(C)c1. The van der Waals surface area contributed by atoms with Crippen molar-refractivity contribution >= 4 is 11.5 Å². The van der Waals surface area contributed by atoms with E-state index in [-0.39, 0.29) is 0 Å². The number of aryl methyl sites for hydroxylation is 3. The standard InChI is InChI=1S/C23H29N2O/c1-16-11-12-20(18(3)14-16)23(26)15-24(22-10-5-6-13-25(22)23)21-9-7-8-17(2)19(21)4/h7-9,11-12,14,26H,5-6,10,13,15H2,1-4H3/q+1/t23-/m1/s1. The Kier molecular flexibility index (Phi) is 4.15. The Morgan fingerprint density at radius 1 is 1.00 bits per heavy atom. The highest BCUT2D eigenvalue weighted by molar-refractivity contribution is 5.96. The van der Waals surface area contributed by atoms with Crippen LogP contribution in [0.3, 0.4) is 0 Å². The minimum absolute atomic E-state index is 0.594. The second-order valence-electron chi connectivity index (χ2n) is 7.97. The van der Waals surface area contributed by atoms with E-state index < -0.39 is 5.72 Å². The van der Waals surface area contributed by atoms with Crippen molar-refractivity contribution in [1.82, 2.24) is 0 Å². The highest BCUT2D eigenvalue weighted by atomic mass is 16.3. The topological polar surface area (TPSA) is 26.5 Å². The summed E-state index contributed by atoms with van der Waals surface area (Å²) in [6.45, 7) is 10.1. The summed E-state index contributed by atoms with van der Waals surface area (Å²) in [7, 11) is 0. The van der Waals surface area contributed by atoms with E-state index in [0.29, 0.717) is 6.54 Å². The molecule has 0 aromatic heterocycles. The molecular formula is C23H29N2O+. The molecule has 0 saturated heterocycles. The Morgan fingerprint density at radius 2 is 1.81 bits per heavy atom. The summed E-state index contributed by atoms with van der Waals surface area (Å²) in [4.78, 5) is 2.36. The summed E-state index contributed by atoms with van der Waals surface area (Å²) in [5.74, 6) is 1.27. The Bertz CT molecular complexity index is 899. The lowest BCUT2D eigenvalue weighted by Gasteiger charge is -2.26. The van der Waals surface area contributed by atoms with Gasteiger partial charge in [0.1, 0.15) is 5.69 Å². The minimum Gasteiger partial charge on any atom is -0.346 e. The number of amidine groups is 1. The lowest BCUT2D eigenvalue weighted by Crippen LogP contribution is -2.42. The Labute approximate surface area is 156 Å². The Hall–Kier alpha value is -2.13. The number of hydrogen-bond acceptors (Lipinski definition) is 2. The van der Waals surface area contributed by atoms with Gasteiger partial charge in [-0.25, -0.2) is 9.48 Å². The van der Waals surface area contributed by atoms with Gasteiger partial charge < -0.3 is 5.11 Å². The first-order valence-corrected chi connectivity index (χ1v) is 9.69. The molecule has 0 aliphatic carbocycles. The third-order valence-electron chi connectivity index (χ3n) is 6.16. The summed E-state index contributed by atoms with van der Waals surface area (Å²) < 4.78 is 2.26. The zero-order valence-corrected chi connectivity index (χ0v) is 16.3. The fraction of sp³-hybridized carbons (Fsp3) is 0.435. The maximum Gasteiger partial charge on any atom is 0.271 e. The fourth-order valence-corrected chi connectivity index (χ4v) is 4.64. The maximum absolute atomic E-state index is 11.9. The van der Waals surface area contributed by atoms with Gasteiger partial charge >= 0.3 is 0 Å². The van der Waals surface area contributed by atoms with Gasteiger partial charge in [-0.1, -0.05) is 35.9 Å². The van der Waals surface area contributed by atoms with E-state index in [2.05, 4.69) is 73.6 Å². The number of β-amino-alcohol motifs (C(OH)–C–C–N with tert-alkyl or cyclic N) is 1. The third kappa shape index (κ3) is 2.57. The van der Waals surface area contributed by atoms with E-state index in [0.717, 1.165) is 24.9 Å². The Morgan fingerprint density at radius 3 is 2.58 bits per heavy atom. The zero-order chi connectivity index (χ0) is 18.5. The van der Waals surface area contributed by atoms with Crippen LogP contribution in [-0.2, 0) is 5.72 Å². The molecule has 0 amide bonds. The summed E-state index contributed by atoms with van der Waals surface area (Å²) in [5.41, 5.74) is 6.32. The average molecular weight is 349 g/mol. The molecule has 2 aliphatic rings. The van der Waals surface area contributed by atoms with Crippen LogP contribution in [0.4, 0.5) is 5.69 Å². The second-order valence-corrected chi connectivity index (χ2v) is 7.97. The van der Waals surface area contributed by atoms with Crippen LogP contribution in [0.15, 0.2) is 36.4 Å². The zero-order valence-electron chi connectivity index (χ0n) is 16.3. The number of aliphatic hydroxyl groups is 1. The molecule has 1 N–H and O–H groups in total. The highest BCUT2D eigenvalue weighted by Crippen LogP contribution is 2.38. The van der Waals surface area contributed by atoms with Crippen molar-refractivity contribution in [2.24, 2.45) is 0 Å². The van der Waals surface area contributed by atoms with Gasteiger partial charge in [-0.15, -0.1) is 0 Å². The molecule has 4 rings (SSSR count). The van der Waals surface area contributed by atoms with Crippen LogP contribution in [0.5, 0.6) is 0 Å². The molecule has 2 aromatic rings. The number of anilines is 1. The lowest BCUT2D eigenvalue weighted by molar-refractivity contribution is -0.661. The molecule has 1 atom stereocenters. The molecule has 0 spiro atoms. The van der Waals surface area contributed by atoms with Crippen molar-refractivity contribution in [2.75, 3.05) is 18.0 Å². The number of nitrogens with zero attached hydrogens (tertiary/aromatic N) is 2. The van der Waals surface area contributed by atoms with Crippen LogP contribution < -0.4 is 4.90 Å². The molecule has 2 aliphatic heterocycles. The van der Waals surface area contributed by atoms with Crippen LogP contribution >= 0.6 is 0 Å². The van der Waals surface area contributed by atoms with E-state index in [4.69, 9.17) is 0 Å². The van der Waals surface area contributed by atoms with E-state index in [1.54, 1.807) is 0 Å². The van der Waals surface area contributed by atoms with Crippen molar-refractivity contribution in [1.29, 1.82) is 0 Å². The number of rotatable bonds is 2. The molecule has 0 radical (unpaired) electrons. The van der Waals surface area contributed by atoms with Crippen molar-refractivity contribution in [2.45, 2.75) is 52.7 Å². The van der Waals surface area contributed by atoms with Crippen LogP contribution in [0, 0.1) is 27.7 Å². The van der Waals surface area contributed by atoms with Crippen molar-refractivity contribution in [3.63, 3.8) is 0 Å². The highest BCUT2D eigenvalue weighted by Gasteiger charge is 2.53. The van der Waals surface area contributed by atoms with Gasteiger partial charge in [0, 0.05) is 12.0 Å². The van der Waals surface area contributed by atoms with Gasteiger partial charge in [0.25, 0.3) is 11.6 Å². The molecule has 0 unspecified atom stereocenters. The van der Waals surface area contributed by atoms with Crippen molar-refractivity contribution < 1.29 is 9.68 Å². The first kappa shape index (κ1) is 17.3. The van der Waals surface area contributed by atoms with Gasteiger partial charge in [0.05, 0.1) is 6.54 Å². The molecule has 0 saturated carbocycles. The molecule has 26 heavy (non-hydrogen) atoms. The smallest absolute Gasteiger partial charge is 0.271 e. The van der Waals surface area contributed by atoms with Crippen LogP contribution in [0.2, 0.25) is 0 Å². The summed E-state index contributed by atoms with van der Waals surface area (Å²) in [5, 5.41) is 11.9. The van der Waals surface area contributed by atoms with Gasteiger partial charge in [0.15, 0.2) is 6.54 Å². The van der Waals surface area contributed by atoms with E-state index >= 15 is 0 Å². The first-order chi connectivity index (χ1) is 12.4. The average Bonchev–Trinajstić information content (AvgIpc) is 2.91. The number of benzene rings is 2. The van der Waals surface area contributed by atoms with Crippen LogP contribution in [0.1, 0.15) is 47.1 Å². The van der Waals surface area contributed by atoms with Crippen molar-refractivity contribution in [3.05, 3.63) is 64.2 Å². The minimum atomic E-state index is -0.955. The monoisotopic (exact) mass is 349 g/mol. The third-order valence-corrected chi connectivity index (χ3v) is 6.16. The normalized spacial score (nSPS) is 22.7. The molecule has 3 nitrogen and oxygen atoms in total. The predicted molar refractivity (Wildman–Crippen MR) is 107 cm³/mol. The van der Waals surface area contributed by atoms with E-state index in [1.165, 1.54) is 40.2 Å². The van der Waals surface area contributed by atoms with Gasteiger partial charge in [-0.2, -0.15) is 0 Å². The van der Waals surface area contributed by atoms with E-state index in [9.17, 15) is 5.11 Å². The molecule has 0 fully saturated rings. The summed E-state index contributed by atoms with van der Waals surface area (Å²) in [6.07, 6.45) is 3.36. The van der Waals surface area contributed by atoms with E-state index in [1.807, 2.05) is 0 Å². The van der Waals surface area contributed by atoms with Crippen LogP contribution in [-0.4, -0.2) is 28.6 Å². The molecular weight excluding hydrogens is 320 g/mol. The molecule has 2 heterocycles. The molecule has 136 valence electrons. The lowest BCUT2D eigenvalue weighted by atomic mass is 9.95. The van der Waals surface area contributed by atoms with Gasteiger partial charge in [-0.05, 0) is 63.3 Å². The second kappa shape index (κ2) is 6.24. The Balaban J connectivity index is 1.86. The number of hydrogen-bond donors (Lipinski definition) is 1. The largest absolute Gasteiger partial charge is 0.346 e.